The van der Waals surface area contributed by atoms with E-state index in [1.807, 2.05) is 13.8 Å². The maximum Gasteiger partial charge on any atom is 0.183 e. The van der Waals surface area contributed by atoms with Crippen molar-refractivity contribution in [2.45, 2.75) is 38.9 Å². The molecule has 0 aromatic heterocycles. The van der Waals surface area contributed by atoms with Gasteiger partial charge in [0.15, 0.2) is 11.6 Å². The summed E-state index contributed by atoms with van der Waals surface area (Å²) in [5, 5.41) is 9.80. The first-order chi connectivity index (χ1) is 7.99. The Kier molecular flexibility index (Phi) is 3.32. The SMILES string of the molecule is CCC1(C)C(O)CC1Oc1cccc(Cl)c1F. The zero-order valence-electron chi connectivity index (χ0n) is 9.91. The van der Waals surface area contributed by atoms with E-state index in [4.69, 9.17) is 16.3 Å². The van der Waals surface area contributed by atoms with Gasteiger partial charge in [0.1, 0.15) is 6.10 Å². The van der Waals surface area contributed by atoms with Gasteiger partial charge in [-0.2, -0.15) is 0 Å². The summed E-state index contributed by atoms with van der Waals surface area (Å²) >= 11 is 5.69. The van der Waals surface area contributed by atoms with Gasteiger partial charge >= 0.3 is 0 Å². The fraction of sp³-hybridized carbons (Fsp3) is 0.538. The molecule has 4 heteroatoms. The largest absolute Gasteiger partial charge is 0.487 e. The van der Waals surface area contributed by atoms with Crippen LogP contribution in [0.3, 0.4) is 0 Å². The molecule has 0 heterocycles. The number of rotatable bonds is 3. The Bertz CT molecular complexity index is 424. The van der Waals surface area contributed by atoms with Crippen molar-refractivity contribution in [3.8, 4) is 5.75 Å². The van der Waals surface area contributed by atoms with Crippen LogP contribution in [-0.2, 0) is 0 Å². The molecule has 1 aliphatic rings. The molecule has 0 saturated heterocycles. The molecule has 94 valence electrons. The standard InChI is InChI=1S/C13H16ClFO2/c1-3-13(2)10(16)7-11(13)17-9-6-4-5-8(14)12(9)15/h4-6,10-11,16H,3,7H2,1-2H3. The second-order valence-electron chi connectivity index (χ2n) is 4.77. The molecule has 3 atom stereocenters. The van der Waals surface area contributed by atoms with E-state index in [-0.39, 0.29) is 28.4 Å². The summed E-state index contributed by atoms with van der Waals surface area (Å²) in [6, 6.07) is 4.69. The molecule has 0 amide bonds. The molecule has 17 heavy (non-hydrogen) atoms. The van der Waals surface area contributed by atoms with Crippen molar-refractivity contribution >= 4 is 11.6 Å². The predicted molar refractivity (Wildman–Crippen MR) is 64.8 cm³/mol. The van der Waals surface area contributed by atoms with Gasteiger partial charge in [-0.25, -0.2) is 4.39 Å². The van der Waals surface area contributed by atoms with Gasteiger partial charge < -0.3 is 9.84 Å². The maximum atomic E-state index is 13.7. The highest BCUT2D eigenvalue weighted by Crippen LogP contribution is 2.46. The van der Waals surface area contributed by atoms with Crippen LogP contribution in [0.15, 0.2) is 18.2 Å². The fourth-order valence-corrected chi connectivity index (χ4v) is 2.34. The Labute approximate surface area is 105 Å². The van der Waals surface area contributed by atoms with Crippen molar-refractivity contribution < 1.29 is 14.2 Å². The molecular weight excluding hydrogens is 243 g/mol. The van der Waals surface area contributed by atoms with Gasteiger partial charge in [-0.15, -0.1) is 0 Å². The lowest BCUT2D eigenvalue weighted by Crippen LogP contribution is -2.57. The average molecular weight is 259 g/mol. The first-order valence-electron chi connectivity index (χ1n) is 5.77. The zero-order valence-corrected chi connectivity index (χ0v) is 10.7. The van der Waals surface area contributed by atoms with Gasteiger partial charge in [0.25, 0.3) is 0 Å². The number of aliphatic hydroxyl groups excluding tert-OH is 1. The fourth-order valence-electron chi connectivity index (χ4n) is 2.17. The zero-order chi connectivity index (χ0) is 12.6. The first kappa shape index (κ1) is 12.7. The van der Waals surface area contributed by atoms with E-state index < -0.39 is 5.82 Å². The molecule has 0 aliphatic heterocycles. The smallest absolute Gasteiger partial charge is 0.183 e. The van der Waals surface area contributed by atoms with E-state index >= 15 is 0 Å². The summed E-state index contributed by atoms with van der Waals surface area (Å²) in [7, 11) is 0. The number of hydrogen-bond donors (Lipinski definition) is 1. The van der Waals surface area contributed by atoms with Crippen LogP contribution in [0.5, 0.6) is 5.75 Å². The van der Waals surface area contributed by atoms with Crippen molar-refractivity contribution in [1.29, 1.82) is 0 Å². The van der Waals surface area contributed by atoms with Crippen LogP contribution < -0.4 is 4.74 Å². The number of hydrogen-bond acceptors (Lipinski definition) is 2. The summed E-state index contributed by atoms with van der Waals surface area (Å²) in [6.07, 6.45) is 0.798. The van der Waals surface area contributed by atoms with Crippen molar-refractivity contribution in [2.24, 2.45) is 5.41 Å². The molecule has 1 aromatic rings. The van der Waals surface area contributed by atoms with Crippen LogP contribution in [-0.4, -0.2) is 17.3 Å². The minimum Gasteiger partial charge on any atom is -0.487 e. The van der Waals surface area contributed by atoms with E-state index in [0.717, 1.165) is 6.42 Å². The van der Waals surface area contributed by atoms with E-state index in [1.54, 1.807) is 12.1 Å². The van der Waals surface area contributed by atoms with Gasteiger partial charge in [0.05, 0.1) is 11.1 Å². The van der Waals surface area contributed by atoms with Gasteiger partial charge in [0, 0.05) is 11.8 Å². The number of ether oxygens (including phenoxy) is 1. The summed E-state index contributed by atoms with van der Waals surface area (Å²) in [5.74, 6) is -0.372. The van der Waals surface area contributed by atoms with Crippen LogP contribution in [0.1, 0.15) is 26.7 Å². The van der Waals surface area contributed by atoms with Gasteiger partial charge in [-0.1, -0.05) is 31.5 Å². The highest BCUT2D eigenvalue weighted by atomic mass is 35.5. The van der Waals surface area contributed by atoms with E-state index in [2.05, 4.69) is 0 Å². The van der Waals surface area contributed by atoms with Crippen LogP contribution in [0, 0.1) is 11.2 Å². The van der Waals surface area contributed by atoms with Crippen LogP contribution in [0.4, 0.5) is 4.39 Å². The molecule has 0 radical (unpaired) electrons. The molecule has 1 fully saturated rings. The minimum atomic E-state index is -0.533. The summed E-state index contributed by atoms with van der Waals surface area (Å²) in [5.41, 5.74) is -0.297. The molecule has 2 nitrogen and oxygen atoms in total. The topological polar surface area (TPSA) is 29.5 Å². The summed E-state index contributed by atoms with van der Waals surface area (Å²) < 4.78 is 19.3. The summed E-state index contributed by atoms with van der Waals surface area (Å²) in [6.45, 7) is 3.95. The first-order valence-corrected chi connectivity index (χ1v) is 6.15. The Morgan fingerprint density at radius 3 is 2.88 bits per heavy atom. The molecule has 2 rings (SSSR count). The van der Waals surface area contributed by atoms with Crippen molar-refractivity contribution in [2.75, 3.05) is 0 Å². The van der Waals surface area contributed by atoms with Crippen molar-refractivity contribution in [3.63, 3.8) is 0 Å². The Morgan fingerprint density at radius 1 is 1.59 bits per heavy atom. The molecule has 0 bridgehead atoms. The van der Waals surface area contributed by atoms with E-state index in [9.17, 15) is 9.50 Å². The quantitative estimate of drug-likeness (QED) is 0.900. The second-order valence-corrected chi connectivity index (χ2v) is 5.18. The Balaban J connectivity index is 2.15. The number of benzene rings is 1. The molecular formula is C13H16ClFO2. The highest BCUT2D eigenvalue weighted by molar-refractivity contribution is 6.30. The number of aliphatic hydroxyl groups is 1. The Hall–Kier alpha value is -0.800. The molecule has 1 aromatic carbocycles. The Morgan fingerprint density at radius 2 is 2.29 bits per heavy atom. The predicted octanol–water partition coefficient (Wildman–Crippen LogP) is 3.41. The van der Waals surface area contributed by atoms with Gasteiger partial charge in [0.2, 0.25) is 0 Å². The lowest BCUT2D eigenvalue weighted by Gasteiger charge is -2.50. The lowest BCUT2D eigenvalue weighted by atomic mass is 9.63. The highest BCUT2D eigenvalue weighted by Gasteiger charge is 2.51. The van der Waals surface area contributed by atoms with Crippen LogP contribution >= 0.6 is 11.6 Å². The lowest BCUT2D eigenvalue weighted by molar-refractivity contribution is -0.147. The van der Waals surface area contributed by atoms with Crippen LogP contribution in [0.25, 0.3) is 0 Å². The second kappa shape index (κ2) is 4.46. The molecule has 0 spiro atoms. The van der Waals surface area contributed by atoms with Crippen LogP contribution in [0.2, 0.25) is 5.02 Å². The third-order valence-electron chi connectivity index (χ3n) is 3.88. The van der Waals surface area contributed by atoms with E-state index in [0.29, 0.717) is 6.42 Å². The van der Waals surface area contributed by atoms with Crippen molar-refractivity contribution in [3.05, 3.63) is 29.0 Å². The average Bonchev–Trinajstić information content (AvgIpc) is 2.33. The third-order valence-corrected chi connectivity index (χ3v) is 4.17. The van der Waals surface area contributed by atoms with Gasteiger partial charge in [-0.3, -0.25) is 0 Å². The minimum absolute atomic E-state index is 0.0561. The molecule has 1 saturated carbocycles. The number of halogens is 2. The molecule has 3 unspecified atom stereocenters. The summed E-state index contributed by atoms with van der Waals surface area (Å²) in [4.78, 5) is 0. The maximum absolute atomic E-state index is 13.7. The van der Waals surface area contributed by atoms with Crippen molar-refractivity contribution in [1.82, 2.24) is 0 Å². The normalized spacial score (nSPS) is 32.1. The third kappa shape index (κ3) is 2.02. The molecule has 1 aliphatic carbocycles. The van der Waals surface area contributed by atoms with Gasteiger partial charge in [-0.05, 0) is 18.6 Å². The molecule has 1 N–H and O–H groups in total. The monoisotopic (exact) mass is 258 g/mol. The van der Waals surface area contributed by atoms with E-state index in [1.165, 1.54) is 6.07 Å².